The minimum absolute atomic E-state index is 0.111. The maximum Gasteiger partial charge on any atom is 0.310 e. The number of carbonyl (C=O) groups excluding carboxylic acids is 2. The first kappa shape index (κ1) is 19.5. The van der Waals surface area contributed by atoms with Gasteiger partial charge in [-0.3, -0.25) is 14.9 Å². The quantitative estimate of drug-likeness (QED) is 0.737. The number of amides is 1. The van der Waals surface area contributed by atoms with Crippen molar-refractivity contribution in [1.82, 2.24) is 4.98 Å². The minimum Gasteiger partial charge on any atom is -0.493 e. The zero-order chi connectivity index (χ0) is 19.3. The predicted molar refractivity (Wildman–Crippen MR) is 96.6 cm³/mol. The third kappa shape index (κ3) is 4.23. The summed E-state index contributed by atoms with van der Waals surface area (Å²) in [7, 11) is 5.76. The van der Waals surface area contributed by atoms with Crippen LogP contribution in [0.4, 0.5) is 5.13 Å². The lowest BCUT2D eigenvalue weighted by Crippen LogP contribution is -2.12. The highest BCUT2D eigenvalue weighted by molar-refractivity contribution is 7.16. The van der Waals surface area contributed by atoms with Crippen molar-refractivity contribution in [3.8, 4) is 17.2 Å². The number of nitrogens with one attached hydrogen (secondary N) is 1. The van der Waals surface area contributed by atoms with Gasteiger partial charge in [0.2, 0.25) is 5.75 Å². The maximum atomic E-state index is 12.6. The summed E-state index contributed by atoms with van der Waals surface area (Å²) in [6.07, 6.45) is 0.111. The molecular formula is C17H20N2O6S. The van der Waals surface area contributed by atoms with Crippen LogP contribution >= 0.6 is 11.3 Å². The summed E-state index contributed by atoms with van der Waals surface area (Å²) in [6.45, 7) is 1.77. The Labute approximate surface area is 155 Å². The number of aromatic nitrogens is 1. The molecule has 26 heavy (non-hydrogen) atoms. The van der Waals surface area contributed by atoms with Crippen LogP contribution in [0.15, 0.2) is 12.1 Å². The van der Waals surface area contributed by atoms with E-state index >= 15 is 0 Å². The number of carbonyl (C=O) groups is 2. The van der Waals surface area contributed by atoms with Crippen molar-refractivity contribution in [3.63, 3.8) is 0 Å². The van der Waals surface area contributed by atoms with Crippen molar-refractivity contribution in [2.24, 2.45) is 0 Å². The highest BCUT2D eigenvalue weighted by Crippen LogP contribution is 2.38. The molecule has 2 rings (SSSR count). The Hall–Kier alpha value is -2.81. The third-order valence-corrected chi connectivity index (χ3v) is 4.65. The molecule has 0 saturated carbocycles. The summed E-state index contributed by atoms with van der Waals surface area (Å²) in [5.41, 5.74) is 0.988. The molecule has 0 aliphatic rings. The fraction of sp³-hybridized carbons (Fsp3) is 0.353. The van der Waals surface area contributed by atoms with E-state index in [1.54, 1.807) is 19.1 Å². The number of esters is 1. The number of methoxy groups -OCH3 is 4. The molecule has 140 valence electrons. The molecule has 0 aliphatic carbocycles. The van der Waals surface area contributed by atoms with Gasteiger partial charge in [0.15, 0.2) is 16.6 Å². The lowest BCUT2D eigenvalue weighted by atomic mass is 10.1. The smallest absolute Gasteiger partial charge is 0.310 e. The van der Waals surface area contributed by atoms with Crippen LogP contribution in [0.25, 0.3) is 0 Å². The Morgan fingerprint density at radius 1 is 1.08 bits per heavy atom. The number of rotatable bonds is 7. The van der Waals surface area contributed by atoms with Gasteiger partial charge in [-0.1, -0.05) is 0 Å². The number of thiazole rings is 1. The number of ether oxygens (including phenoxy) is 4. The van der Waals surface area contributed by atoms with Gasteiger partial charge in [-0.2, -0.15) is 0 Å². The van der Waals surface area contributed by atoms with Crippen LogP contribution in [0.3, 0.4) is 0 Å². The molecule has 1 aromatic heterocycles. The first-order valence-corrected chi connectivity index (χ1v) is 8.39. The lowest BCUT2D eigenvalue weighted by molar-refractivity contribution is -0.139. The monoisotopic (exact) mass is 380 g/mol. The molecule has 1 amide bonds. The van der Waals surface area contributed by atoms with Crippen molar-refractivity contribution >= 4 is 28.3 Å². The molecule has 0 unspecified atom stereocenters. The highest BCUT2D eigenvalue weighted by Gasteiger charge is 2.19. The van der Waals surface area contributed by atoms with E-state index in [9.17, 15) is 9.59 Å². The summed E-state index contributed by atoms with van der Waals surface area (Å²) >= 11 is 1.22. The zero-order valence-electron chi connectivity index (χ0n) is 15.2. The summed E-state index contributed by atoms with van der Waals surface area (Å²) in [5, 5.41) is 3.10. The fourth-order valence-electron chi connectivity index (χ4n) is 2.23. The average Bonchev–Trinajstić information content (AvgIpc) is 2.98. The Morgan fingerprint density at radius 2 is 1.69 bits per heavy atom. The van der Waals surface area contributed by atoms with Crippen molar-refractivity contribution in [2.75, 3.05) is 33.8 Å². The van der Waals surface area contributed by atoms with Crippen molar-refractivity contribution in [1.29, 1.82) is 0 Å². The summed E-state index contributed by atoms with van der Waals surface area (Å²) in [5.74, 6) is 0.399. The van der Waals surface area contributed by atoms with Crippen LogP contribution < -0.4 is 19.5 Å². The Balaban J connectivity index is 2.25. The second-order valence-electron chi connectivity index (χ2n) is 5.15. The van der Waals surface area contributed by atoms with Gasteiger partial charge in [0.05, 0.1) is 40.6 Å². The molecule has 0 saturated heterocycles. The largest absolute Gasteiger partial charge is 0.493 e. The molecule has 0 radical (unpaired) electrons. The fourth-order valence-corrected chi connectivity index (χ4v) is 3.17. The van der Waals surface area contributed by atoms with Crippen molar-refractivity contribution in [3.05, 3.63) is 28.3 Å². The van der Waals surface area contributed by atoms with E-state index in [1.165, 1.54) is 39.8 Å². The van der Waals surface area contributed by atoms with Gasteiger partial charge in [0.25, 0.3) is 5.91 Å². The molecule has 1 heterocycles. The highest BCUT2D eigenvalue weighted by atomic mass is 32.1. The van der Waals surface area contributed by atoms with Crippen LogP contribution in [0, 0.1) is 6.92 Å². The molecule has 0 atom stereocenters. The molecule has 0 bridgehead atoms. The van der Waals surface area contributed by atoms with Crippen LogP contribution in [0.5, 0.6) is 17.2 Å². The van der Waals surface area contributed by atoms with Gasteiger partial charge in [-0.25, -0.2) is 4.98 Å². The van der Waals surface area contributed by atoms with Crippen molar-refractivity contribution in [2.45, 2.75) is 13.3 Å². The number of hydrogen-bond donors (Lipinski definition) is 1. The van der Waals surface area contributed by atoms with Crippen LogP contribution in [0.2, 0.25) is 0 Å². The van der Waals surface area contributed by atoms with Gasteiger partial charge in [-0.05, 0) is 19.1 Å². The molecule has 9 heteroatoms. The third-order valence-electron chi connectivity index (χ3n) is 3.57. The second kappa shape index (κ2) is 8.52. The van der Waals surface area contributed by atoms with E-state index in [1.807, 2.05) is 0 Å². The maximum absolute atomic E-state index is 12.6. The number of anilines is 1. The first-order chi connectivity index (χ1) is 12.4. The minimum atomic E-state index is -0.386. The van der Waals surface area contributed by atoms with Crippen LogP contribution in [-0.4, -0.2) is 45.3 Å². The molecule has 0 spiro atoms. The van der Waals surface area contributed by atoms with E-state index in [4.69, 9.17) is 14.2 Å². The molecule has 1 N–H and O–H groups in total. The number of hydrogen-bond acceptors (Lipinski definition) is 8. The normalized spacial score (nSPS) is 10.2. The van der Waals surface area contributed by atoms with Crippen LogP contribution in [0.1, 0.15) is 20.9 Å². The lowest BCUT2D eigenvalue weighted by Gasteiger charge is -2.13. The number of benzene rings is 1. The van der Waals surface area contributed by atoms with Gasteiger partial charge >= 0.3 is 5.97 Å². The molecule has 2 aromatic rings. The molecular weight excluding hydrogens is 360 g/mol. The average molecular weight is 380 g/mol. The number of nitrogens with zero attached hydrogens (tertiary/aromatic N) is 1. The summed E-state index contributed by atoms with van der Waals surface area (Å²) in [6, 6.07) is 3.10. The van der Waals surface area contributed by atoms with Crippen LogP contribution in [-0.2, 0) is 16.0 Å². The van der Waals surface area contributed by atoms with E-state index < -0.39 is 0 Å². The Morgan fingerprint density at radius 3 is 2.19 bits per heavy atom. The topological polar surface area (TPSA) is 96.0 Å². The number of aryl methyl sites for hydroxylation is 1. The molecule has 8 nitrogen and oxygen atoms in total. The van der Waals surface area contributed by atoms with Crippen molar-refractivity contribution < 1.29 is 28.5 Å². The Kier molecular flexibility index (Phi) is 6.40. The van der Waals surface area contributed by atoms with E-state index in [0.717, 1.165) is 4.88 Å². The SMILES string of the molecule is COC(=O)Cc1sc(NC(=O)c2cc(OC)c(OC)c(OC)c2)nc1C. The summed E-state index contributed by atoms with van der Waals surface area (Å²) in [4.78, 5) is 29.0. The molecule has 1 aromatic carbocycles. The standard InChI is InChI=1S/C17H20N2O6S/c1-9-13(8-14(20)24-4)26-17(18-9)19-16(21)10-6-11(22-2)15(25-5)12(7-10)23-3/h6-7H,8H2,1-5H3,(H,18,19,21). The van der Waals surface area contributed by atoms with Gasteiger partial charge in [-0.15, -0.1) is 11.3 Å². The molecule has 0 fully saturated rings. The second-order valence-corrected chi connectivity index (χ2v) is 6.23. The van der Waals surface area contributed by atoms with E-state index in [-0.39, 0.29) is 18.3 Å². The van der Waals surface area contributed by atoms with Gasteiger partial charge in [0, 0.05) is 10.4 Å². The summed E-state index contributed by atoms with van der Waals surface area (Å²) < 4.78 is 20.4. The zero-order valence-corrected chi connectivity index (χ0v) is 16.0. The van der Waals surface area contributed by atoms with E-state index in [2.05, 4.69) is 15.0 Å². The van der Waals surface area contributed by atoms with Gasteiger partial charge < -0.3 is 18.9 Å². The first-order valence-electron chi connectivity index (χ1n) is 7.58. The Bertz CT molecular complexity index is 793. The van der Waals surface area contributed by atoms with Gasteiger partial charge in [0.1, 0.15) is 0 Å². The predicted octanol–water partition coefficient (Wildman–Crippen LogP) is 2.45. The van der Waals surface area contributed by atoms with E-state index in [0.29, 0.717) is 33.6 Å². The molecule has 0 aliphatic heterocycles.